The average molecular weight is 364 g/mol. The number of hydrogen-bond donors (Lipinski definition) is 3. The van der Waals surface area contributed by atoms with Crippen LogP contribution in [0.15, 0.2) is 30.5 Å². The zero-order chi connectivity index (χ0) is 17.7. The molecule has 0 radical (unpaired) electrons. The van der Waals surface area contributed by atoms with Gasteiger partial charge in [0.25, 0.3) is 5.91 Å². The van der Waals surface area contributed by atoms with Gasteiger partial charge in [-0.2, -0.15) is 5.10 Å². The number of benzene rings is 2. The van der Waals surface area contributed by atoms with E-state index >= 15 is 4.39 Å². The van der Waals surface area contributed by atoms with Crippen LogP contribution in [0, 0.1) is 11.6 Å². The minimum absolute atomic E-state index is 0.0470. The second-order valence-electron chi connectivity index (χ2n) is 5.36. The molecule has 1 aliphatic rings. The topological polar surface area (TPSA) is 98.3 Å². The van der Waals surface area contributed by atoms with Crippen LogP contribution in [0.3, 0.4) is 0 Å². The molecule has 0 bridgehead atoms. The summed E-state index contributed by atoms with van der Waals surface area (Å²) in [5.74, 6) is -2.75. The van der Waals surface area contributed by atoms with Crippen molar-refractivity contribution in [3.8, 4) is 16.9 Å². The molecule has 0 spiro atoms. The Morgan fingerprint density at radius 2 is 2.04 bits per heavy atom. The van der Waals surface area contributed by atoms with E-state index < -0.39 is 40.2 Å². The van der Waals surface area contributed by atoms with Gasteiger partial charge >= 0.3 is 0 Å². The molecule has 4 rings (SSSR count). The van der Waals surface area contributed by atoms with Crippen LogP contribution in [-0.2, 0) is 16.0 Å². The number of halogens is 2. The van der Waals surface area contributed by atoms with Crippen molar-refractivity contribution in [1.29, 1.82) is 0 Å². The van der Waals surface area contributed by atoms with Gasteiger partial charge in [0.2, 0.25) is 11.2 Å². The van der Waals surface area contributed by atoms with E-state index in [2.05, 4.69) is 14.9 Å². The van der Waals surface area contributed by atoms with Gasteiger partial charge in [0.15, 0.2) is 5.82 Å². The molecule has 1 saturated heterocycles. The third-order valence-electron chi connectivity index (χ3n) is 3.88. The quantitative estimate of drug-likeness (QED) is 0.645. The first-order valence-electron chi connectivity index (χ1n) is 7.09. The molecule has 1 unspecified atom stereocenters. The van der Waals surface area contributed by atoms with E-state index in [1.165, 1.54) is 24.4 Å². The van der Waals surface area contributed by atoms with Crippen molar-refractivity contribution < 1.29 is 22.9 Å². The number of carbonyl (C=O) groups is 1. The fourth-order valence-electron chi connectivity index (χ4n) is 2.79. The average Bonchev–Trinajstić information content (AvgIpc) is 3.15. The predicted octanol–water partition coefficient (Wildman–Crippen LogP) is 1.73. The third-order valence-corrected chi connectivity index (χ3v) is 4.99. The number of carbonyl (C=O) groups excluding carboxylic acids is 1. The number of aromatic amines is 1. The van der Waals surface area contributed by atoms with Crippen LogP contribution in [0.4, 0.5) is 14.5 Å². The number of aromatic hydroxyl groups is 1. The number of H-pyrrole nitrogens is 1. The molecule has 1 amide bonds. The van der Waals surface area contributed by atoms with Crippen LogP contribution < -0.4 is 9.03 Å². The molecule has 1 aromatic heterocycles. The first-order chi connectivity index (χ1) is 12.0. The number of hydrogen-bond acceptors (Lipinski definition) is 4. The molecular formula is C15H10F2N4O3S. The highest BCUT2D eigenvalue weighted by Crippen LogP contribution is 2.40. The molecule has 25 heavy (non-hydrogen) atoms. The molecule has 1 aliphatic heterocycles. The van der Waals surface area contributed by atoms with E-state index in [9.17, 15) is 18.5 Å². The lowest BCUT2D eigenvalue weighted by atomic mass is 9.99. The number of amides is 1. The Labute approximate surface area is 142 Å². The Morgan fingerprint density at radius 3 is 2.76 bits per heavy atom. The second kappa shape index (κ2) is 5.52. The Balaban J connectivity index is 1.97. The van der Waals surface area contributed by atoms with Gasteiger partial charge in [0.05, 0.1) is 11.7 Å². The van der Waals surface area contributed by atoms with Crippen LogP contribution in [0.25, 0.3) is 22.0 Å². The molecule has 2 heterocycles. The lowest BCUT2D eigenvalue weighted by molar-refractivity contribution is -0.117. The number of aromatic nitrogens is 2. The number of phenols is 1. The molecule has 1 atom stereocenters. The monoisotopic (exact) mass is 364 g/mol. The molecule has 7 nitrogen and oxygen atoms in total. The molecule has 10 heteroatoms. The van der Waals surface area contributed by atoms with Gasteiger partial charge in [-0.1, -0.05) is 0 Å². The summed E-state index contributed by atoms with van der Waals surface area (Å²) in [5.41, 5.74) is -0.121. The van der Waals surface area contributed by atoms with Crippen LogP contribution >= 0.6 is 0 Å². The molecule has 1 fully saturated rings. The van der Waals surface area contributed by atoms with Crippen molar-refractivity contribution >= 4 is 33.7 Å². The number of rotatable bonds is 2. The summed E-state index contributed by atoms with van der Waals surface area (Å²) >= 11 is -2.03. The number of nitrogens with one attached hydrogen (secondary N) is 2. The van der Waals surface area contributed by atoms with Crippen molar-refractivity contribution in [1.82, 2.24) is 14.9 Å². The molecule has 3 aromatic rings. The van der Waals surface area contributed by atoms with Gasteiger partial charge in [-0.3, -0.25) is 18.9 Å². The number of nitrogens with zero attached hydrogens (tertiary/aromatic N) is 2. The van der Waals surface area contributed by atoms with Crippen molar-refractivity contribution in [2.75, 3.05) is 10.8 Å². The summed E-state index contributed by atoms with van der Waals surface area (Å²) in [5, 5.41) is 16.8. The van der Waals surface area contributed by atoms with E-state index in [1.807, 2.05) is 0 Å². The number of anilines is 1. The van der Waals surface area contributed by atoms with Gasteiger partial charge in [-0.15, -0.1) is 0 Å². The zero-order valence-electron chi connectivity index (χ0n) is 12.4. The maximum Gasteiger partial charge on any atom is 0.253 e. The smallest absolute Gasteiger partial charge is 0.253 e. The SMILES string of the molecule is O=C1CN(c2c(O)ccc(-c3c(F)ccc4[nH]ncc34)c2F)S(=O)N1. The zero-order valence-corrected chi connectivity index (χ0v) is 13.2. The number of fused-ring (bicyclic) bond motifs is 1. The molecule has 2 aromatic carbocycles. The summed E-state index contributed by atoms with van der Waals surface area (Å²) in [7, 11) is 0. The van der Waals surface area contributed by atoms with E-state index in [0.29, 0.717) is 10.9 Å². The van der Waals surface area contributed by atoms with Crippen LogP contribution in [0.5, 0.6) is 5.75 Å². The highest BCUT2D eigenvalue weighted by molar-refractivity contribution is 7.85. The summed E-state index contributed by atoms with van der Waals surface area (Å²) in [4.78, 5) is 11.4. The van der Waals surface area contributed by atoms with E-state index in [1.54, 1.807) is 0 Å². The minimum atomic E-state index is -2.03. The summed E-state index contributed by atoms with van der Waals surface area (Å²) in [6, 6.07) is 5.01. The first-order valence-corrected chi connectivity index (χ1v) is 8.20. The maximum absolute atomic E-state index is 15.1. The number of phenolic OH excluding ortho intramolecular Hbond substituents is 1. The van der Waals surface area contributed by atoms with E-state index in [-0.39, 0.29) is 17.7 Å². The van der Waals surface area contributed by atoms with Crippen molar-refractivity contribution in [3.63, 3.8) is 0 Å². The normalized spacial score (nSPS) is 17.3. The second-order valence-corrected chi connectivity index (χ2v) is 6.50. The highest BCUT2D eigenvalue weighted by atomic mass is 32.2. The standard InChI is InChI=1S/C15H10F2N4O3S/c16-9-2-3-10-8(5-18-19-10)13(9)7-1-4-11(22)15(14(7)17)21-6-12(23)20-25(21)24/h1-5,22H,6H2,(H,18,19)(H,20,23). The van der Waals surface area contributed by atoms with Gasteiger partial charge in [-0.05, 0) is 24.3 Å². The first kappa shape index (κ1) is 15.5. The van der Waals surface area contributed by atoms with Crippen molar-refractivity contribution in [2.45, 2.75) is 0 Å². The van der Waals surface area contributed by atoms with Gasteiger partial charge in [0, 0.05) is 16.5 Å². The Morgan fingerprint density at radius 1 is 1.24 bits per heavy atom. The third kappa shape index (κ3) is 2.33. The highest BCUT2D eigenvalue weighted by Gasteiger charge is 2.32. The molecule has 3 N–H and O–H groups in total. The minimum Gasteiger partial charge on any atom is -0.506 e. The van der Waals surface area contributed by atoms with Crippen molar-refractivity contribution in [3.05, 3.63) is 42.1 Å². The maximum atomic E-state index is 15.1. The molecule has 128 valence electrons. The van der Waals surface area contributed by atoms with E-state index in [0.717, 1.165) is 10.4 Å². The van der Waals surface area contributed by atoms with Gasteiger partial charge in [-0.25, -0.2) is 13.0 Å². The Hall–Kier alpha value is -3.01. The lowest BCUT2D eigenvalue weighted by Crippen LogP contribution is -2.23. The Bertz CT molecular complexity index is 1050. The lowest BCUT2D eigenvalue weighted by Gasteiger charge is -2.18. The predicted molar refractivity (Wildman–Crippen MR) is 86.7 cm³/mol. The molecular weight excluding hydrogens is 354 g/mol. The van der Waals surface area contributed by atoms with Gasteiger partial charge < -0.3 is 5.11 Å². The summed E-state index contributed by atoms with van der Waals surface area (Å²) in [6.45, 7) is -0.390. The molecule has 0 aliphatic carbocycles. The van der Waals surface area contributed by atoms with Crippen LogP contribution in [0.1, 0.15) is 0 Å². The van der Waals surface area contributed by atoms with E-state index in [4.69, 9.17) is 0 Å². The summed E-state index contributed by atoms with van der Waals surface area (Å²) in [6.07, 6.45) is 1.36. The fraction of sp³-hybridized carbons (Fsp3) is 0.0667. The largest absolute Gasteiger partial charge is 0.506 e. The Kier molecular flexibility index (Phi) is 3.42. The van der Waals surface area contributed by atoms with Crippen LogP contribution in [0.2, 0.25) is 0 Å². The molecule has 0 saturated carbocycles. The fourth-order valence-corrected chi connectivity index (χ4v) is 3.73. The van der Waals surface area contributed by atoms with Crippen molar-refractivity contribution in [2.24, 2.45) is 0 Å². The summed E-state index contributed by atoms with van der Waals surface area (Å²) < 4.78 is 44.4. The van der Waals surface area contributed by atoms with Gasteiger partial charge in [0.1, 0.15) is 23.8 Å². The van der Waals surface area contributed by atoms with Crippen LogP contribution in [-0.4, -0.2) is 32.0 Å².